The van der Waals surface area contributed by atoms with Crippen molar-refractivity contribution >= 4 is 28.9 Å². The monoisotopic (exact) mass is 492 g/mol. The number of anilines is 1. The fraction of sp³-hybridized carbons (Fsp3) is 0.115. The van der Waals surface area contributed by atoms with Crippen molar-refractivity contribution < 1.29 is 18.1 Å². The molecule has 0 saturated heterocycles. The van der Waals surface area contributed by atoms with E-state index in [0.717, 1.165) is 29.3 Å². The Balaban J connectivity index is 1.67. The first-order chi connectivity index (χ1) is 16.8. The summed E-state index contributed by atoms with van der Waals surface area (Å²) in [5, 5.41) is 7.53. The second kappa shape index (κ2) is 8.96. The van der Waals surface area contributed by atoms with Gasteiger partial charge in [0.1, 0.15) is 11.6 Å². The molecule has 4 aromatic rings. The molecule has 0 spiro atoms. The van der Waals surface area contributed by atoms with Crippen LogP contribution >= 0.6 is 11.6 Å². The van der Waals surface area contributed by atoms with Crippen molar-refractivity contribution in [2.24, 2.45) is 0 Å². The molecular weight excluding hydrogens is 474 g/mol. The Morgan fingerprint density at radius 1 is 1.00 bits per heavy atom. The molecule has 176 valence electrons. The average Bonchev–Trinajstić information content (AvgIpc) is 3.28. The number of aryl methyl sites for hydroxylation is 1. The summed E-state index contributed by atoms with van der Waals surface area (Å²) in [7, 11) is 0. The zero-order chi connectivity index (χ0) is 24.7. The van der Waals surface area contributed by atoms with Gasteiger partial charge in [0.05, 0.1) is 17.3 Å². The van der Waals surface area contributed by atoms with E-state index >= 15 is 0 Å². The van der Waals surface area contributed by atoms with Crippen LogP contribution in [0.3, 0.4) is 0 Å². The van der Waals surface area contributed by atoms with Crippen LogP contribution in [-0.4, -0.2) is 16.2 Å². The van der Waals surface area contributed by atoms with Crippen molar-refractivity contribution in [1.82, 2.24) is 15.5 Å². The number of carbonyl (C=O) groups excluding carboxylic acids is 1. The molecule has 2 heterocycles. The van der Waals surface area contributed by atoms with Crippen LogP contribution < -0.4 is 10.2 Å². The van der Waals surface area contributed by atoms with E-state index in [1.54, 1.807) is 31.2 Å². The maximum Gasteiger partial charge on any atom is 0.327 e. The van der Waals surface area contributed by atoms with Crippen molar-refractivity contribution in [2.75, 3.05) is 4.90 Å². The van der Waals surface area contributed by atoms with Gasteiger partial charge in [0, 0.05) is 22.3 Å². The predicted octanol–water partition coefficient (Wildman–Crippen LogP) is 6.68. The van der Waals surface area contributed by atoms with Gasteiger partial charge in [-0.3, -0.25) is 4.90 Å². The third kappa shape index (κ3) is 4.40. The lowest BCUT2D eigenvalue weighted by Crippen LogP contribution is -2.46. The molecular formula is C26H19ClF2N4O2. The van der Waals surface area contributed by atoms with E-state index in [-0.39, 0.29) is 11.6 Å². The van der Waals surface area contributed by atoms with E-state index in [1.165, 1.54) is 4.90 Å². The van der Waals surface area contributed by atoms with E-state index in [1.807, 2.05) is 31.2 Å². The summed E-state index contributed by atoms with van der Waals surface area (Å²) in [6.45, 7) is 3.63. The van der Waals surface area contributed by atoms with Crippen molar-refractivity contribution in [3.05, 3.63) is 106 Å². The summed E-state index contributed by atoms with van der Waals surface area (Å²) in [6.07, 6.45) is 0. The van der Waals surface area contributed by atoms with Gasteiger partial charge >= 0.3 is 6.03 Å². The van der Waals surface area contributed by atoms with Crippen LogP contribution in [0.1, 0.15) is 30.0 Å². The Kier molecular flexibility index (Phi) is 5.82. The second-order valence-electron chi connectivity index (χ2n) is 8.19. The van der Waals surface area contributed by atoms with Gasteiger partial charge in [-0.1, -0.05) is 58.7 Å². The van der Waals surface area contributed by atoms with Gasteiger partial charge in [0.25, 0.3) is 5.89 Å². The summed E-state index contributed by atoms with van der Waals surface area (Å²) in [5.41, 5.74) is 3.42. The second-order valence-corrected chi connectivity index (χ2v) is 8.63. The molecule has 1 aliphatic rings. The predicted molar refractivity (Wildman–Crippen MR) is 129 cm³/mol. The Labute approximate surface area is 204 Å². The summed E-state index contributed by atoms with van der Waals surface area (Å²) >= 11 is 6.11. The number of nitrogens with one attached hydrogen (secondary N) is 1. The lowest BCUT2D eigenvalue weighted by molar-refractivity contribution is 0.244. The molecule has 0 bridgehead atoms. The summed E-state index contributed by atoms with van der Waals surface area (Å²) in [5.74, 6) is -1.14. The molecule has 1 aliphatic heterocycles. The van der Waals surface area contributed by atoms with Crippen LogP contribution in [-0.2, 0) is 0 Å². The smallest absolute Gasteiger partial charge is 0.327 e. The lowest BCUT2D eigenvalue weighted by atomic mass is 9.94. The summed E-state index contributed by atoms with van der Waals surface area (Å²) in [6, 6.07) is 16.4. The normalized spacial score (nSPS) is 16.0. The molecule has 9 heteroatoms. The molecule has 5 rings (SSSR count). The van der Waals surface area contributed by atoms with Gasteiger partial charge in [-0.05, 0) is 43.7 Å². The Bertz CT molecular complexity index is 1450. The fourth-order valence-corrected chi connectivity index (χ4v) is 4.28. The highest BCUT2D eigenvalue weighted by atomic mass is 35.5. The fourth-order valence-electron chi connectivity index (χ4n) is 4.09. The number of nitrogens with zero attached hydrogens (tertiary/aromatic N) is 3. The first-order valence-electron chi connectivity index (χ1n) is 10.7. The zero-order valence-corrected chi connectivity index (χ0v) is 19.5. The third-order valence-electron chi connectivity index (χ3n) is 5.74. The Hall–Kier alpha value is -4.04. The number of amides is 2. The average molecular weight is 493 g/mol. The molecule has 35 heavy (non-hydrogen) atoms. The maximum atomic E-state index is 14.0. The van der Waals surface area contributed by atoms with Crippen molar-refractivity contribution in [1.29, 1.82) is 0 Å². The quantitative estimate of drug-likeness (QED) is 0.345. The molecule has 6 nitrogen and oxygen atoms in total. The first kappa shape index (κ1) is 22.7. The van der Waals surface area contributed by atoms with Gasteiger partial charge in [0.15, 0.2) is 0 Å². The molecule has 1 atom stereocenters. The minimum Gasteiger partial charge on any atom is -0.334 e. The van der Waals surface area contributed by atoms with Gasteiger partial charge < -0.3 is 9.84 Å². The molecule has 0 fully saturated rings. The largest absolute Gasteiger partial charge is 0.334 e. The van der Waals surface area contributed by atoms with Crippen molar-refractivity contribution in [3.63, 3.8) is 0 Å². The van der Waals surface area contributed by atoms with Crippen LogP contribution in [0.15, 0.2) is 77.0 Å². The lowest BCUT2D eigenvalue weighted by Gasteiger charge is -2.35. The number of hydrogen-bond acceptors (Lipinski definition) is 4. The first-order valence-corrected chi connectivity index (χ1v) is 11.1. The van der Waals surface area contributed by atoms with Gasteiger partial charge in [-0.2, -0.15) is 4.98 Å². The molecule has 1 N–H and O–H groups in total. The third-order valence-corrected chi connectivity index (χ3v) is 5.98. The molecule has 2 amide bonds. The molecule has 1 aromatic heterocycles. The zero-order valence-electron chi connectivity index (χ0n) is 18.7. The highest BCUT2D eigenvalue weighted by molar-refractivity contribution is 6.30. The number of halogens is 3. The number of hydrogen-bond donors (Lipinski definition) is 1. The van der Waals surface area contributed by atoms with Crippen molar-refractivity contribution in [3.8, 4) is 11.4 Å². The number of benzene rings is 3. The summed E-state index contributed by atoms with van der Waals surface area (Å²) in [4.78, 5) is 18.9. The highest BCUT2D eigenvalue weighted by Crippen LogP contribution is 2.39. The number of carbonyl (C=O) groups is 1. The minimum atomic E-state index is -0.802. The molecule has 3 aromatic carbocycles. The minimum absolute atomic E-state index is 0.0342. The Morgan fingerprint density at radius 2 is 1.71 bits per heavy atom. The van der Waals surface area contributed by atoms with Gasteiger partial charge in [0.2, 0.25) is 5.82 Å². The van der Waals surface area contributed by atoms with Crippen molar-refractivity contribution in [2.45, 2.75) is 19.9 Å². The van der Waals surface area contributed by atoms with Crippen LogP contribution in [0, 0.1) is 18.6 Å². The van der Waals surface area contributed by atoms with E-state index in [4.69, 9.17) is 16.1 Å². The highest BCUT2D eigenvalue weighted by Gasteiger charge is 2.36. The van der Waals surface area contributed by atoms with Crippen LogP contribution in [0.4, 0.5) is 19.3 Å². The molecule has 0 radical (unpaired) electrons. The van der Waals surface area contributed by atoms with E-state index in [9.17, 15) is 13.6 Å². The van der Waals surface area contributed by atoms with E-state index in [2.05, 4.69) is 15.5 Å². The maximum absolute atomic E-state index is 14.0. The number of allylic oxidation sites excluding steroid dienone is 1. The molecule has 1 unspecified atom stereocenters. The van der Waals surface area contributed by atoms with Crippen LogP contribution in [0.25, 0.3) is 17.0 Å². The summed E-state index contributed by atoms with van der Waals surface area (Å²) < 4.78 is 33.6. The van der Waals surface area contributed by atoms with Crippen LogP contribution in [0.2, 0.25) is 5.02 Å². The molecule has 0 saturated carbocycles. The SMILES string of the molecule is CC1=C(c2nc(-c3cccc(Cl)c3)no2)C(c2ccc(C)cc2)NC(=O)N1c1cc(F)cc(F)c1. The van der Waals surface area contributed by atoms with E-state index < -0.39 is 23.7 Å². The Morgan fingerprint density at radius 3 is 2.40 bits per heavy atom. The van der Waals surface area contributed by atoms with Gasteiger partial charge in [-0.15, -0.1) is 0 Å². The number of urea groups is 1. The topological polar surface area (TPSA) is 71.3 Å². The number of aromatic nitrogens is 2. The number of rotatable bonds is 4. The van der Waals surface area contributed by atoms with E-state index in [0.29, 0.717) is 27.7 Å². The molecule has 0 aliphatic carbocycles. The van der Waals surface area contributed by atoms with Gasteiger partial charge in [-0.25, -0.2) is 13.6 Å². The van der Waals surface area contributed by atoms with Crippen LogP contribution in [0.5, 0.6) is 0 Å². The standard InChI is InChI=1S/C26H19ClF2N4O2/c1-14-6-8-16(9-7-14)23-22(25-31-24(32-35-25)17-4-3-5-18(27)10-17)15(2)33(26(34)30-23)21-12-19(28)11-20(29)13-21/h3-13,23H,1-2H3,(H,30,34).